The van der Waals surface area contributed by atoms with Gasteiger partial charge >= 0.3 is 12.1 Å². The van der Waals surface area contributed by atoms with E-state index < -0.39 is 17.7 Å². The highest BCUT2D eigenvalue weighted by atomic mass is 19.4. The first-order chi connectivity index (χ1) is 12.9. The Hall–Kier alpha value is -3.35. The number of aromatic nitrogens is 1. The quantitative estimate of drug-likeness (QED) is 0.465. The topological polar surface area (TPSA) is 52.3 Å². The molecule has 27 heavy (non-hydrogen) atoms. The van der Waals surface area contributed by atoms with E-state index in [9.17, 15) is 18.0 Å². The number of hydrogen-bond acceptors (Lipinski definition) is 4. The highest BCUT2D eigenvalue weighted by Crippen LogP contribution is 2.33. The summed E-state index contributed by atoms with van der Waals surface area (Å²) < 4.78 is 49.9. The molecular formula is C20H14F3NO3. The standard InChI is InChI=1S/C20H14F3NO3/c21-20(22,23)16(14-7-3-1-4-8-14)11-19(25)26-13-18-24-12-17(27-18)15-9-5-2-6-10-15/h1-12H,13H2/b16-11+. The number of rotatable bonds is 5. The molecule has 2 aromatic carbocycles. The molecule has 0 saturated carbocycles. The Morgan fingerprint density at radius 1 is 1.04 bits per heavy atom. The highest BCUT2D eigenvalue weighted by Gasteiger charge is 2.35. The highest BCUT2D eigenvalue weighted by molar-refractivity contribution is 5.92. The molecule has 3 aromatic rings. The third kappa shape index (κ3) is 4.84. The number of hydrogen-bond donors (Lipinski definition) is 0. The van der Waals surface area contributed by atoms with Gasteiger partial charge in [0, 0.05) is 11.6 Å². The zero-order valence-corrected chi connectivity index (χ0v) is 13.9. The SMILES string of the molecule is O=C(/C=C(\c1ccccc1)C(F)(F)F)OCc1ncc(-c2ccccc2)o1. The van der Waals surface area contributed by atoms with Gasteiger partial charge in [0.05, 0.1) is 11.8 Å². The average molecular weight is 373 g/mol. The molecule has 4 nitrogen and oxygen atoms in total. The summed E-state index contributed by atoms with van der Waals surface area (Å²) in [5.74, 6) is -0.577. The number of carbonyl (C=O) groups excluding carboxylic acids is 1. The molecule has 0 bridgehead atoms. The minimum absolute atomic E-state index is 0.0869. The van der Waals surface area contributed by atoms with Crippen LogP contribution in [0.4, 0.5) is 13.2 Å². The first-order valence-corrected chi connectivity index (χ1v) is 7.94. The summed E-state index contributed by atoms with van der Waals surface area (Å²) in [4.78, 5) is 15.8. The van der Waals surface area contributed by atoms with Crippen LogP contribution in [-0.2, 0) is 16.1 Å². The molecule has 7 heteroatoms. The van der Waals surface area contributed by atoms with E-state index in [1.54, 1.807) is 6.07 Å². The monoisotopic (exact) mass is 373 g/mol. The molecule has 0 unspecified atom stereocenters. The Morgan fingerprint density at radius 3 is 2.30 bits per heavy atom. The van der Waals surface area contributed by atoms with E-state index in [4.69, 9.17) is 9.15 Å². The maximum absolute atomic E-state index is 13.2. The Labute approximate surface area is 152 Å². The second kappa shape index (κ2) is 7.90. The van der Waals surface area contributed by atoms with Gasteiger partial charge in [-0.25, -0.2) is 9.78 Å². The summed E-state index contributed by atoms with van der Waals surface area (Å²) in [7, 11) is 0. The van der Waals surface area contributed by atoms with Gasteiger partial charge in [0.25, 0.3) is 0 Å². The van der Waals surface area contributed by atoms with Crippen molar-refractivity contribution in [1.29, 1.82) is 0 Å². The van der Waals surface area contributed by atoms with Crippen molar-refractivity contribution in [3.05, 3.63) is 84.4 Å². The van der Waals surface area contributed by atoms with Gasteiger partial charge in [-0.2, -0.15) is 13.2 Å². The van der Waals surface area contributed by atoms with Crippen LogP contribution >= 0.6 is 0 Å². The van der Waals surface area contributed by atoms with Gasteiger partial charge in [-0.05, 0) is 5.56 Å². The summed E-state index contributed by atoms with van der Waals surface area (Å²) in [6.45, 7) is -0.373. The number of ether oxygens (including phenoxy) is 1. The summed E-state index contributed by atoms with van der Waals surface area (Å²) >= 11 is 0. The molecule has 0 radical (unpaired) electrons. The Balaban J connectivity index is 1.70. The number of carbonyl (C=O) groups is 1. The Bertz CT molecular complexity index is 932. The summed E-state index contributed by atoms with van der Waals surface area (Å²) in [5.41, 5.74) is -0.416. The van der Waals surface area contributed by atoms with Crippen molar-refractivity contribution in [2.24, 2.45) is 0 Å². The molecular weight excluding hydrogens is 359 g/mol. The molecule has 0 aliphatic carbocycles. The van der Waals surface area contributed by atoms with E-state index in [-0.39, 0.29) is 18.1 Å². The smallest absolute Gasteiger partial charge is 0.417 e. The maximum atomic E-state index is 13.2. The van der Waals surface area contributed by atoms with Crippen molar-refractivity contribution < 1.29 is 27.1 Å². The summed E-state index contributed by atoms with van der Waals surface area (Å²) in [6.07, 6.45) is -2.81. The molecule has 0 fully saturated rings. The molecule has 0 aliphatic rings. The second-order valence-corrected chi connectivity index (χ2v) is 5.51. The third-order valence-corrected chi connectivity index (χ3v) is 3.60. The Morgan fingerprint density at radius 2 is 1.67 bits per heavy atom. The molecule has 0 N–H and O–H groups in total. The van der Waals surface area contributed by atoms with Gasteiger partial charge in [-0.3, -0.25) is 0 Å². The Kier molecular flexibility index (Phi) is 5.40. The molecule has 1 heterocycles. The van der Waals surface area contributed by atoms with E-state index in [0.717, 1.165) is 5.56 Å². The van der Waals surface area contributed by atoms with E-state index >= 15 is 0 Å². The molecule has 0 saturated heterocycles. The van der Waals surface area contributed by atoms with Crippen molar-refractivity contribution in [1.82, 2.24) is 4.98 Å². The van der Waals surface area contributed by atoms with E-state index in [1.165, 1.54) is 30.5 Å². The first kappa shape index (κ1) is 18.4. The van der Waals surface area contributed by atoms with E-state index in [1.807, 2.05) is 30.3 Å². The van der Waals surface area contributed by atoms with E-state index in [2.05, 4.69) is 4.98 Å². The fourth-order valence-corrected chi connectivity index (χ4v) is 2.35. The van der Waals surface area contributed by atoms with Crippen LogP contribution in [0.15, 0.2) is 77.4 Å². The van der Waals surface area contributed by atoms with Crippen LogP contribution in [0.1, 0.15) is 11.5 Å². The lowest BCUT2D eigenvalue weighted by Gasteiger charge is -2.11. The molecule has 138 valence electrons. The van der Waals surface area contributed by atoms with Gasteiger partial charge < -0.3 is 9.15 Å². The van der Waals surface area contributed by atoms with Crippen LogP contribution in [0.25, 0.3) is 16.9 Å². The number of allylic oxidation sites excluding steroid dienone is 1. The number of oxazole rings is 1. The van der Waals surface area contributed by atoms with Gasteiger partial charge in [0.2, 0.25) is 5.89 Å². The molecule has 1 aromatic heterocycles. The largest absolute Gasteiger partial charge is 0.453 e. The van der Waals surface area contributed by atoms with Crippen LogP contribution in [0.3, 0.4) is 0 Å². The lowest BCUT2D eigenvalue weighted by atomic mass is 10.1. The average Bonchev–Trinajstić information content (AvgIpc) is 3.14. The number of nitrogens with zero attached hydrogens (tertiary/aromatic N) is 1. The minimum Gasteiger partial charge on any atom is -0.453 e. The van der Waals surface area contributed by atoms with Gasteiger partial charge in [-0.15, -0.1) is 0 Å². The van der Waals surface area contributed by atoms with Gasteiger partial charge in [0.15, 0.2) is 12.4 Å². The van der Waals surface area contributed by atoms with Crippen molar-refractivity contribution in [2.45, 2.75) is 12.8 Å². The van der Waals surface area contributed by atoms with Crippen molar-refractivity contribution in [3.8, 4) is 11.3 Å². The normalized spacial score (nSPS) is 12.0. The van der Waals surface area contributed by atoms with Crippen molar-refractivity contribution >= 4 is 11.5 Å². The lowest BCUT2D eigenvalue weighted by molar-refractivity contribution is -0.140. The van der Waals surface area contributed by atoms with Crippen LogP contribution < -0.4 is 0 Å². The lowest BCUT2D eigenvalue weighted by Crippen LogP contribution is -2.13. The number of benzene rings is 2. The van der Waals surface area contributed by atoms with Crippen molar-refractivity contribution in [2.75, 3.05) is 0 Å². The first-order valence-electron chi connectivity index (χ1n) is 7.94. The number of alkyl halides is 3. The zero-order valence-electron chi connectivity index (χ0n) is 13.9. The van der Waals surface area contributed by atoms with Crippen LogP contribution in [0, 0.1) is 0 Å². The van der Waals surface area contributed by atoms with Crippen LogP contribution in [0.2, 0.25) is 0 Å². The molecule has 0 aliphatic heterocycles. The third-order valence-electron chi connectivity index (χ3n) is 3.60. The predicted octanol–water partition coefficient (Wildman–Crippen LogP) is 5.03. The van der Waals surface area contributed by atoms with Gasteiger partial charge in [-0.1, -0.05) is 60.7 Å². The second-order valence-electron chi connectivity index (χ2n) is 5.51. The molecule has 3 rings (SSSR count). The van der Waals surface area contributed by atoms with Gasteiger partial charge in [0.1, 0.15) is 0 Å². The fraction of sp³-hybridized carbons (Fsp3) is 0.100. The molecule has 0 atom stereocenters. The zero-order chi connectivity index (χ0) is 19.3. The van der Waals surface area contributed by atoms with Crippen molar-refractivity contribution in [3.63, 3.8) is 0 Å². The minimum atomic E-state index is -4.69. The molecule has 0 spiro atoms. The maximum Gasteiger partial charge on any atom is 0.417 e. The fourth-order valence-electron chi connectivity index (χ4n) is 2.35. The summed E-state index contributed by atoms with van der Waals surface area (Å²) in [6, 6.07) is 16.2. The predicted molar refractivity (Wildman–Crippen MR) is 92.2 cm³/mol. The summed E-state index contributed by atoms with van der Waals surface area (Å²) in [5, 5.41) is 0. The van der Waals surface area contributed by atoms with Crippen LogP contribution in [0.5, 0.6) is 0 Å². The van der Waals surface area contributed by atoms with E-state index in [0.29, 0.717) is 11.8 Å². The van der Waals surface area contributed by atoms with Crippen LogP contribution in [-0.4, -0.2) is 17.1 Å². The number of halogens is 3. The molecule has 0 amide bonds. The number of esters is 1.